The fraction of sp³-hybridized carbons (Fsp3) is 0. The molecule has 0 heterocycles. The average Bonchev–Trinajstić information content (AvgIpc) is 1.94. The maximum atomic E-state index is 8.02. The molecular weight excluding hydrogens is 150 g/mol. The lowest BCUT2D eigenvalue weighted by Crippen LogP contribution is -1.63. The molecule has 0 bridgehead atoms. The molecule has 0 fully saturated rings. The highest BCUT2D eigenvalue weighted by Crippen LogP contribution is 2.22. The lowest BCUT2D eigenvalue weighted by Gasteiger charge is -1.90. The molecule has 0 spiro atoms. The zero-order valence-electron chi connectivity index (χ0n) is 4.95. The lowest BCUT2D eigenvalue weighted by atomic mass is 10.3. The van der Waals surface area contributed by atoms with Crippen molar-refractivity contribution in [2.45, 2.75) is 0 Å². The number of halogens is 1. The van der Waals surface area contributed by atoms with Crippen molar-refractivity contribution in [3.63, 3.8) is 0 Å². The van der Waals surface area contributed by atoms with Crippen molar-refractivity contribution in [2.24, 2.45) is 5.11 Å². The van der Waals surface area contributed by atoms with Crippen LogP contribution in [0.15, 0.2) is 23.3 Å². The van der Waals surface area contributed by atoms with Gasteiger partial charge in [0.1, 0.15) is 0 Å². The first kappa shape index (κ1) is 6.93. The number of benzene rings is 1. The fourth-order valence-corrected chi connectivity index (χ4v) is 0.694. The van der Waals surface area contributed by atoms with Crippen molar-refractivity contribution in [1.29, 1.82) is 0 Å². The van der Waals surface area contributed by atoms with E-state index in [9.17, 15) is 0 Å². The average molecular weight is 153 g/mol. The molecule has 1 radical (unpaired) electrons. The van der Waals surface area contributed by atoms with E-state index in [2.05, 4.69) is 16.1 Å². The van der Waals surface area contributed by atoms with E-state index in [0.29, 0.717) is 10.7 Å². The maximum Gasteiger partial charge on any atom is 0.0640 e. The van der Waals surface area contributed by atoms with Gasteiger partial charge in [-0.3, -0.25) is 0 Å². The van der Waals surface area contributed by atoms with E-state index < -0.39 is 0 Å². The van der Waals surface area contributed by atoms with Crippen LogP contribution in [0.4, 0.5) is 5.69 Å². The number of hydrogen-bond donors (Lipinski definition) is 0. The van der Waals surface area contributed by atoms with Crippen molar-refractivity contribution in [2.75, 3.05) is 0 Å². The SMILES string of the molecule is [N-]=[N+]=Nc1[c]cccc1Cl. The van der Waals surface area contributed by atoms with Gasteiger partial charge in [0.05, 0.1) is 10.7 Å². The zero-order chi connectivity index (χ0) is 7.40. The third-order valence-corrected chi connectivity index (χ3v) is 1.23. The Hall–Kier alpha value is -1.18. The monoisotopic (exact) mass is 152 g/mol. The summed E-state index contributed by atoms with van der Waals surface area (Å²) >= 11 is 5.61. The molecule has 0 atom stereocenters. The van der Waals surface area contributed by atoms with Gasteiger partial charge in [0, 0.05) is 4.91 Å². The van der Waals surface area contributed by atoms with Crippen LogP contribution in [-0.4, -0.2) is 0 Å². The van der Waals surface area contributed by atoms with Crippen LogP contribution in [-0.2, 0) is 0 Å². The van der Waals surface area contributed by atoms with Gasteiger partial charge in [0.15, 0.2) is 0 Å². The normalized spacial score (nSPS) is 8.50. The van der Waals surface area contributed by atoms with Gasteiger partial charge in [-0.2, -0.15) is 0 Å². The molecule has 1 aromatic carbocycles. The molecule has 0 unspecified atom stereocenters. The maximum absolute atomic E-state index is 8.02. The first-order valence-electron chi connectivity index (χ1n) is 2.56. The number of azide groups is 1. The van der Waals surface area contributed by atoms with Gasteiger partial charge in [-0.1, -0.05) is 28.8 Å². The number of rotatable bonds is 1. The summed E-state index contributed by atoms with van der Waals surface area (Å²) < 4.78 is 0. The largest absolute Gasteiger partial charge is 0.0838 e. The van der Waals surface area contributed by atoms with Crippen molar-refractivity contribution >= 4 is 17.3 Å². The predicted molar refractivity (Wildman–Crippen MR) is 39.1 cm³/mol. The van der Waals surface area contributed by atoms with E-state index in [0.717, 1.165) is 0 Å². The third kappa shape index (κ3) is 1.41. The van der Waals surface area contributed by atoms with Crippen molar-refractivity contribution in [3.8, 4) is 0 Å². The topological polar surface area (TPSA) is 48.8 Å². The summed E-state index contributed by atoms with van der Waals surface area (Å²) in [4.78, 5) is 2.58. The van der Waals surface area contributed by atoms with Crippen LogP contribution in [0.1, 0.15) is 0 Å². The van der Waals surface area contributed by atoms with Gasteiger partial charge in [0.25, 0.3) is 0 Å². The highest BCUT2D eigenvalue weighted by atomic mass is 35.5. The highest BCUT2D eigenvalue weighted by Gasteiger charge is 1.92. The molecular formula is C6H3ClN3. The Morgan fingerprint density at radius 1 is 1.70 bits per heavy atom. The molecule has 0 saturated carbocycles. The first-order valence-corrected chi connectivity index (χ1v) is 2.93. The van der Waals surface area contributed by atoms with Crippen LogP contribution >= 0.6 is 11.6 Å². The molecule has 0 aliphatic carbocycles. The van der Waals surface area contributed by atoms with Crippen LogP contribution in [0.3, 0.4) is 0 Å². The van der Waals surface area contributed by atoms with Crippen molar-refractivity contribution in [1.82, 2.24) is 0 Å². The Labute approximate surface area is 62.9 Å². The summed E-state index contributed by atoms with van der Waals surface area (Å²) in [5, 5.41) is 3.72. The molecule has 0 saturated heterocycles. The third-order valence-electron chi connectivity index (χ3n) is 0.930. The van der Waals surface area contributed by atoms with Gasteiger partial charge in [0.2, 0.25) is 0 Å². The minimum Gasteiger partial charge on any atom is -0.0838 e. The molecule has 1 rings (SSSR count). The number of hydrogen-bond acceptors (Lipinski definition) is 1. The second-order valence-corrected chi connectivity index (χ2v) is 1.96. The van der Waals surface area contributed by atoms with Crippen LogP contribution in [0, 0.1) is 6.07 Å². The van der Waals surface area contributed by atoms with Crippen molar-refractivity contribution in [3.05, 3.63) is 39.7 Å². The highest BCUT2D eigenvalue weighted by molar-refractivity contribution is 6.32. The lowest BCUT2D eigenvalue weighted by molar-refractivity contribution is 1.47. The molecule has 0 amide bonds. The second kappa shape index (κ2) is 3.11. The summed E-state index contributed by atoms with van der Waals surface area (Å²) in [6, 6.07) is 7.68. The minimum atomic E-state index is 0.340. The van der Waals surface area contributed by atoms with Gasteiger partial charge < -0.3 is 0 Å². The minimum absolute atomic E-state index is 0.340. The van der Waals surface area contributed by atoms with Gasteiger partial charge in [-0.15, -0.1) is 0 Å². The molecule has 0 aliphatic rings. The van der Waals surface area contributed by atoms with E-state index >= 15 is 0 Å². The molecule has 0 N–H and O–H groups in total. The molecule has 3 nitrogen and oxygen atoms in total. The van der Waals surface area contributed by atoms with E-state index in [-0.39, 0.29) is 0 Å². The van der Waals surface area contributed by atoms with Gasteiger partial charge >= 0.3 is 0 Å². The van der Waals surface area contributed by atoms with E-state index in [1.165, 1.54) is 0 Å². The Morgan fingerprint density at radius 2 is 2.50 bits per heavy atom. The fourth-order valence-electron chi connectivity index (χ4n) is 0.529. The smallest absolute Gasteiger partial charge is 0.0640 e. The standard InChI is InChI=1S/C6H3ClN3/c7-5-3-1-2-4-6(5)9-10-8/h1-3H. The first-order chi connectivity index (χ1) is 4.84. The zero-order valence-corrected chi connectivity index (χ0v) is 5.71. The summed E-state index contributed by atoms with van der Waals surface area (Å²) in [6.45, 7) is 0. The van der Waals surface area contributed by atoms with Gasteiger partial charge in [-0.25, -0.2) is 0 Å². The summed E-state index contributed by atoms with van der Waals surface area (Å²) in [5.41, 5.74) is 8.36. The van der Waals surface area contributed by atoms with Crippen LogP contribution in [0.2, 0.25) is 5.02 Å². The molecule has 49 valence electrons. The second-order valence-electron chi connectivity index (χ2n) is 1.56. The summed E-state index contributed by atoms with van der Waals surface area (Å²) in [7, 11) is 0. The molecule has 0 aromatic heterocycles. The van der Waals surface area contributed by atoms with Gasteiger partial charge in [-0.05, 0) is 17.7 Å². The Kier molecular flexibility index (Phi) is 2.15. The van der Waals surface area contributed by atoms with E-state index in [1.54, 1.807) is 18.2 Å². The summed E-state index contributed by atoms with van der Waals surface area (Å²) in [5.74, 6) is 0. The summed E-state index contributed by atoms with van der Waals surface area (Å²) in [6.07, 6.45) is 0. The molecule has 1 aromatic rings. The van der Waals surface area contributed by atoms with Crippen LogP contribution < -0.4 is 0 Å². The number of nitrogens with zero attached hydrogens (tertiary/aromatic N) is 3. The molecule has 4 heteroatoms. The van der Waals surface area contributed by atoms with Crippen molar-refractivity contribution < 1.29 is 0 Å². The Bertz CT molecular complexity index is 278. The quantitative estimate of drug-likeness (QED) is 0.337. The molecule has 10 heavy (non-hydrogen) atoms. The van der Waals surface area contributed by atoms with Crippen LogP contribution in [0.5, 0.6) is 0 Å². The predicted octanol–water partition coefficient (Wildman–Crippen LogP) is 3.08. The van der Waals surface area contributed by atoms with E-state index in [4.69, 9.17) is 17.1 Å². The Balaban J connectivity index is 3.14. The van der Waals surface area contributed by atoms with Crippen LogP contribution in [0.25, 0.3) is 10.4 Å². The molecule has 0 aliphatic heterocycles. The Morgan fingerprint density at radius 3 is 3.10 bits per heavy atom. The van der Waals surface area contributed by atoms with E-state index in [1.807, 2.05) is 0 Å².